The van der Waals surface area contributed by atoms with Crippen molar-refractivity contribution in [1.29, 1.82) is 0 Å². The van der Waals surface area contributed by atoms with Crippen molar-refractivity contribution >= 4 is 47.5 Å². The van der Waals surface area contributed by atoms with Gasteiger partial charge in [0.25, 0.3) is 5.91 Å². The number of hydroxylamine groups is 2. The molecule has 10 saturated heterocycles. The molecule has 14 rings (SSSR count). The number of carbonyl (C=O) groups is 6. The molecule has 0 spiro atoms. The van der Waals surface area contributed by atoms with Gasteiger partial charge in [0, 0.05) is 118 Å². The smallest absolute Gasteiger partial charge is 0.410 e. The summed E-state index contributed by atoms with van der Waals surface area (Å²) >= 11 is 0. The fourth-order valence-corrected chi connectivity index (χ4v) is 18.1. The van der Waals surface area contributed by atoms with Crippen LogP contribution >= 0.6 is 12.4 Å². The van der Waals surface area contributed by atoms with Gasteiger partial charge in [-0.1, -0.05) is 83.9 Å². The Hall–Kier alpha value is -6.41. The van der Waals surface area contributed by atoms with Crippen molar-refractivity contribution in [2.45, 2.75) is 260 Å². The Labute approximate surface area is 609 Å². The lowest BCUT2D eigenvalue weighted by Crippen LogP contribution is -2.48. The number of nitrogens with one attached hydrogen (secondary N) is 1. The number of hydrogen-bond donors (Lipinski definition) is 1. The van der Waals surface area contributed by atoms with E-state index in [-0.39, 0.29) is 114 Å². The maximum atomic E-state index is 13.7. The number of benzene rings is 4. The van der Waals surface area contributed by atoms with E-state index in [1.807, 2.05) is 25.7 Å². The third-order valence-electron chi connectivity index (χ3n) is 23.3. The highest BCUT2D eigenvalue weighted by Gasteiger charge is 2.46. The number of rotatable bonds is 17. The predicted octanol–water partition coefficient (Wildman–Crippen LogP) is 15.3. The molecule has 0 aliphatic carbocycles. The summed E-state index contributed by atoms with van der Waals surface area (Å²) in [7, 11) is 9.74. The van der Waals surface area contributed by atoms with Crippen molar-refractivity contribution in [3.8, 4) is 0 Å². The van der Waals surface area contributed by atoms with Gasteiger partial charge in [-0.15, -0.1) is 12.4 Å². The van der Waals surface area contributed by atoms with Gasteiger partial charge in [0.15, 0.2) is 5.78 Å². The molecule has 14 nitrogen and oxygen atoms in total. The van der Waals surface area contributed by atoms with Crippen LogP contribution in [0.2, 0.25) is 0 Å². The van der Waals surface area contributed by atoms with E-state index in [9.17, 15) is 46.3 Å². The number of likely N-dealkylation sites (N-methyl/N-ethyl adjacent to an activating group) is 1. The highest BCUT2D eigenvalue weighted by Crippen LogP contribution is 2.43. The summed E-state index contributed by atoms with van der Waals surface area (Å²) in [5, 5.41) is 4.85. The van der Waals surface area contributed by atoms with Crippen LogP contribution in [0.15, 0.2) is 120 Å². The Bertz CT molecular complexity index is 3510. The zero-order chi connectivity index (χ0) is 72.1. The van der Waals surface area contributed by atoms with Crippen molar-refractivity contribution in [2.24, 2.45) is 17.8 Å². The topological polar surface area (TPSA) is 149 Å². The Kier molecular flexibility index (Phi) is 28.9. The zero-order valence-corrected chi connectivity index (χ0v) is 62.2. The van der Waals surface area contributed by atoms with Crippen LogP contribution < -0.4 is 5.32 Å². The van der Waals surface area contributed by atoms with E-state index in [2.05, 4.69) is 41.2 Å². The van der Waals surface area contributed by atoms with Crippen LogP contribution in [0.5, 0.6) is 0 Å². The second-order valence-electron chi connectivity index (χ2n) is 31.8. The van der Waals surface area contributed by atoms with Gasteiger partial charge in [0.1, 0.15) is 46.2 Å². The normalized spacial score (nSPS) is 27.4. The van der Waals surface area contributed by atoms with Gasteiger partial charge >= 0.3 is 6.09 Å². The number of ketones is 4. The quantitative estimate of drug-likeness (QED) is 0.0609. The molecule has 10 aliphatic rings. The largest absolute Gasteiger partial charge is 0.444 e. The molecule has 2 amide bonds. The minimum absolute atomic E-state index is 0. The Morgan fingerprint density at radius 1 is 0.461 bits per heavy atom. The summed E-state index contributed by atoms with van der Waals surface area (Å²) in [5.74, 6) is 0.543. The summed E-state index contributed by atoms with van der Waals surface area (Å²) in [6, 6.07) is 31.5. The minimum atomic E-state index is -0.497. The lowest BCUT2D eigenvalue weighted by atomic mass is 9.86. The third-order valence-corrected chi connectivity index (χ3v) is 23.3. The number of halogens is 5. The molecule has 19 heteroatoms. The van der Waals surface area contributed by atoms with Crippen molar-refractivity contribution in [3.63, 3.8) is 0 Å². The first kappa shape index (κ1) is 79.7. The number of allylic oxidation sites excluding steroid dienone is 1. The number of piperidine rings is 5. The third kappa shape index (κ3) is 22.3. The standard InChI is InChI=1S/C21H28FNO3.C17H22FNO.C17H20FNO.C16H20FNO.C12H20N2O2.ClH/c1-21(2,3)26-20(25)23-16-8-9-17(23)11-14(10-16)12-18(24)13-15-6-4-5-7-19(15)22;2*1-19-14-6-7-15(19)9-12(8-14)10-16(20)11-13-4-2-3-5-17(13)18;17-16-4-2-1-3-12(16)10-15(19)9-11-7-13-5-6-14(8-11)18-13;1-13-10-4-5-11(13)7-9(6-10)8-12(15)14(2)16-3;/h4-7,14,16-17H,8-13H2,1-3H3;2-5,12,14-15H,6-11H2,1H3;2-5,10,14-15H,6-9,11H2,1H3;1-4,11,13-14,18H,5-10H2;8,10-11H,4-7H2,1-3H3;1H. The molecular weight excluding hydrogens is 1320 g/mol. The number of nitrogens with zero attached hydrogens (tertiary/aromatic N) is 5. The van der Waals surface area contributed by atoms with Crippen molar-refractivity contribution in [1.82, 2.24) is 30.0 Å². The first-order valence-electron chi connectivity index (χ1n) is 37.5. The van der Waals surface area contributed by atoms with Crippen LogP contribution in [0.1, 0.15) is 191 Å². The van der Waals surface area contributed by atoms with Crippen LogP contribution in [0.4, 0.5) is 22.4 Å². The van der Waals surface area contributed by atoms with Gasteiger partial charge in [-0.3, -0.25) is 38.6 Å². The Morgan fingerprint density at radius 3 is 1.14 bits per heavy atom. The van der Waals surface area contributed by atoms with Crippen LogP contribution in [-0.2, 0) is 59.2 Å². The summed E-state index contributed by atoms with van der Waals surface area (Å²) in [6.45, 7) is 5.63. The second kappa shape index (κ2) is 37.0. The lowest BCUT2D eigenvalue weighted by Gasteiger charge is -2.39. The first-order valence-corrected chi connectivity index (χ1v) is 37.5. The molecule has 10 unspecified atom stereocenters. The maximum Gasteiger partial charge on any atom is 0.410 e. The highest BCUT2D eigenvalue weighted by atomic mass is 35.5. The Morgan fingerprint density at radius 2 is 0.775 bits per heavy atom. The number of carbonyl (C=O) groups excluding carboxylic acids is 6. The van der Waals surface area contributed by atoms with Gasteiger partial charge < -0.3 is 19.9 Å². The van der Waals surface area contributed by atoms with E-state index in [4.69, 9.17) is 9.57 Å². The molecule has 556 valence electrons. The molecule has 1 N–H and O–H groups in total. The van der Waals surface area contributed by atoms with Crippen molar-refractivity contribution in [3.05, 3.63) is 166 Å². The molecule has 0 aromatic heterocycles. The van der Waals surface area contributed by atoms with Crippen LogP contribution in [0.25, 0.3) is 0 Å². The SMILES string of the molecule is CC(C)(C)OC(=O)N1C2CCC1CC(CC(=O)Cc1ccccc1F)C2.CN1C2CCC1CC(=CC(=O)Cc1ccccc1F)C2.CN1C2CCC1CC(CC(=O)Cc1ccccc1F)C2.CON(C)C(=O)C=C1CC2CCC(C1)N2C.Cl.O=C(Cc1ccccc1F)CC1CC2CCC(C1)N2. The maximum absolute atomic E-state index is 13.7. The number of fused-ring (bicyclic) bond motifs is 10. The van der Waals surface area contributed by atoms with E-state index >= 15 is 0 Å². The number of ether oxygens (including phenoxy) is 1. The molecule has 10 bridgehead atoms. The van der Waals surface area contributed by atoms with Crippen molar-refractivity contribution < 1.29 is 55.9 Å². The summed E-state index contributed by atoms with van der Waals surface area (Å²) in [6.07, 6.45) is 28.0. The molecule has 10 aliphatic heterocycles. The second-order valence-corrected chi connectivity index (χ2v) is 31.8. The zero-order valence-electron chi connectivity index (χ0n) is 61.4. The monoisotopic (exact) mass is 1430 g/mol. The van der Waals surface area contributed by atoms with Crippen LogP contribution in [0.3, 0.4) is 0 Å². The van der Waals surface area contributed by atoms with E-state index in [0.29, 0.717) is 102 Å². The minimum Gasteiger partial charge on any atom is -0.444 e. The summed E-state index contributed by atoms with van der Waals surface area (Å²) < 4.78 is 59.9. The van der Waals surface area contributed by atoms with E-state index < -0.39 is 5.60 Å². The molecule has 102 heavy (non-hydrogen) atoms. The molecule has 10 fully saturated rings. The first-order chi connectivity index (χ1) is 48.3. The summed E-state index contributed by atoms with van der Waals surface area (Å²) in [4.78, 5) is 87.0. The molecule has 0 radical (unpaired) electrons. The van der Waals surface area contributed by atoms with Crippen molar-refractivity contribution in [2.75, 3.05) is 35.3 Å². The molecule has 0 saturated carbocycles. The average Bonchev–Trinajstić information content (AvgIpc) is 1.64. The van der Waals surface area contributed by atoms with Gasteiger partial charge in [-0.25, -0.2) is 27.4 Å². The molecule has 4 aromatic carbocycles. The van der Waals surface area contributed by atoms with Gasteiger partial charge in [0.05, 0.1) is 7.11 Å². The Balaban J connectivity index is 0.000000149. The fraction of sp³-hybridized carbons (Fsp3) is 0.590. The fourth-order valence-electron chi connectivity index (χ4n) is 18.1. The average molecular weight is 1430 g/mol. The van der Waals surface area contributed by atoms with Crippen LogP contribution in [-0.4, -0.2) is 161 Å². The van der Waals surface area contributed by atoms with Gasteiger partial charge in [-0.2, -0.15) is 0 Å². The highest BCUT2D eigenvalue weighted by molar-refractivity contribution is 5.92. The molecule has 4 aromatic rings. The van der Waals surface area contributed by atoms with Gasteiger partial charge in [0.2, 0.25) is 0 Å². The number of hydrogen-bond acceptors (Lipinski definition) is 12. The number of amides is 2. The van der Waals surface area contributed by atoms with E-state index in [0.717, 1.165) is 77.0 Å². The molecule has 10 heterocycles. The molecule has 10 atom stereocenters. The van der Waals surface area contributed by atoms with E-state index in [1.54, 1.807) is 92.0 Å². The number of Topliss-reactive ketones (excluding diaryl/α,β-unsaturated/α-hetero) is 3. The molecular formula is C83H111ClF4N6O8. The van der Waals surface area contributed by atoms with Gasteiger partial charge in [-0.05, 0) is 241 Å². The van der Waals surface area contributed by atoms with Crippen LogP contribution in [0, 0.1) is 41.0 Å². The predicted molar refractivity (Wildman–Crippen MR) is 393 cm³/mol. The lowest BCUT2D eigenvalue weighted by molar-refractivity contribution is -0.162. The van der Waals surface area contributed by atoms with E-state index in [1.165, 1.54) is 99.0 Å². The summed E-state index contributed by atoms with van der Waals surface area (Å²) in [5.41, 5.74) is 4.05.